The quantitative estimate of drug-likeness (QED) is 0.495. The molecule has 1 aromatic rings. The smallest absolute Gasteiger partial charge is 0.139 e. The predicted octanol–water partition coefficient (Wildman–Crippen LogP) is 0.789. The van der Waals surface area contributed by atoms with Crippen LogP contribution in [0, 0.1) is 0 Å². The van der Waals surface area contributed by atoms with Gasteiger partial charge in [-0.1, -0.05) is 35.8 Å². The molecule has 9 heavy (non-hydrogen) atoms. The van der Waals surface area contributed by atoms with Crippen LogP contribution in [0.4, 0.5) is 0 Å². The Morgan fingerprint density at radius 3 is 1.56 bits per heavy atom. The highest BCUT2D eigenvalue weighted by Gasteiger charge is 1.72. The zero-order valence-electron chi connectivity index (χ0n) is 5.20. The fourth-order valence-electron chi connectivity index (χ4n) is 0.534. The van der Waals surface area contributed by atoms with Gasteiger partial charge in [-0.3, -0.25) is 0 Å². The lowest BCUT2D eigenvalue weighted by molar-refractivity contribution is 1.78. The summed E-state index contributed by atoms with van der Waals surface area (Å²) in [6.45, 7) is 0. The number of rotatable bonds is 0. The van der Waals surface area contributed by atoms with Crippen LogP contribution in [0.25, 0.3) is 0 Å². The Labute approximate surface area is 68.9 Å². The molecule has 0 fully saturated rings. The van der Waals surface area contributed by atoms with Crippen LogP contribution in [-0.4, -0.2) is 7.85 Å². The Hall–Kier alpha value is -0.135. The molecule has 0 atom stereocenters. The average molecular weight is 163 g/mol. The van der Waals surface area contributed by atoms with E-state index < -0.39 is 0 Å². The summed E-state index contributed by atoms with van der Waals surface area (Å²) in [5.41, 5.74) is 1.32. The molecule has 0 radical (unpaired) electrons. The summed E-state index contributed by atoms with van der Waals surface area (Å²) in [6, 6.07) is 10.3. The van der Waals surface area contributed by atoms with Crippen LogP contribution in [0.2, 0.25) is 0 Å². The Balaban J connectivity index is 0. The van der Waals surface area contributed by atoms with Crippen LogP contribution in [0.5, 0.6) is 0 Å². The second-order valence-corrected chi connectivity index (χ2v) is 1.65. The molecule has 1 rings (SSSR count). The van der Waals surface area contributed by atoms with E-state index in [4.69, 9.17) is 0 Å². The van der Waals surface area contributed by atoms with Gasteiger partial charge in [0, 0.05) is 0 Å². The fraction of sp³-hybridized carbons (Fsp3) is 0. The van der Waals surface area contributed by atoms with Gasteiger partial charge in [0.1, 0.15) is 7.85 Å². The van der Waals surface area contributed by atoms with Crippen LogP contribution in [0.3, 0.4) is 0 Å². The minimum atomic E-state index is 0. The van der Waals surface area contributed by atoms with Crippen molar-refractivity contribution in [1.82, 2.24) is 0 Å². The molecule has 0 N–H and O–H groups in total. The van der Waals surface area contributed by atoms with E-state index in [1.54, 1.807) is 0 Å². The van der Waals surface area contributed by atoms with Crippen molar-refractivity contribution in [1.29, 1.82) is 0 Å². The first-order valence-corrected chi connectivity index (χ1v) is 2.41. The largest absolute Gasteiger partial charge is 0.147 e. The summed E-state index contributed by atoms with van der Waals surface area (Å²) in [5, 5.41) is 0. The van der Waals surface area contributed by atoms with Crippen molar-refractivity contribution in [2.75, 3.05) is 0 Å². The van der Waals surface area contributed by atoms with Crippen LogP contribution in [0.15, 0.2) is 30.3 Å². The predicted molar refractivity (Wildman–Crippen MR) is 49.1 cm³/mol. The second-order valence-electron chi connectivity index (χ2n) is 1.65. The number of hydrogen-bond donors (Lipinski definition) is 0. The first-order chi connectivity index (χ1) is 3.39. The van der Waals surface area contributed by atoms with E-state index >= 15 is 0 Å². The van der Waals surface area contributed by atoms with E-state index in [9.17, 15) is 0 Å². The van der Waals surface area contributed by atoms with Gasteiger partial charge < -0.3 is 0 Å². The fourth-order valence-corrected chi connectivity index (χ4v) is 0.534. The highest BCUT2D eigenvalue weighted by molar-refractivity contribution is 6.32. The van der Waals surface area contributed by atoms with Gasteiger partial charge in [0.15, 0.2) is 0 Å². The van der Waals surface area contributed by atoms with Gasteiger partial charge >= 0.3 is 0 Å². The lowest BCUT2D eigenvalue weighted by Gasteiger charge is -1.82. The molecule has 0 saturated heterocycles. The molecular formula is C6H9BCl2. The summed E-state index contributed by atoms with van der Waals surface area (Å²) >= 11 is 0. The van der Waals surface area contributed by atoms with Crippen molar-refractivity contribution in [2.24, 2.45) is 0 Å². The molecule has 50 valence electrons. The molecule has 0 aliphatic rings. The van der Waals surface area contributed by atoms with E-state index in [1.807, 2.05) is 18.2 Å². The van der Waals surface area contributed by atoms with Gasteiger partial charge in [0.05, 0.1) is 0 Å². The van der Waals surface area contributed by atoms with Gasteiger partial charge in [0.2, 0.25) is 0 Å². The third kappa shape index (κ3) is 4.37. The average Bonchev–Trinajstić information content (AvgIpc) is 1.69. The Morgan fingerprint density at radius 1 is 0.889 bits per heavy atom. The van der Waals surface area contributed by atoms with Gasteiger partial charge in [-0.2, -0.15) is 0 Å². The molecule has 0 aliphatic carbocycles. The summed E-state index contributed by atoms with van der Waals surface area (Å²) in [7, 11) is 2.08. The lowest BCUT2D eigenvalue weighted by atomic mass is 9.97. The monoisotopic (exact) mass is 162 g/mol. The molecule has 3 heteroatoms. The lowest BCUT2D eigenvalue weighted by Crippen LogP contribution is -1.97. The molecule has 0 unspecified atom stereocenters. The third-order valence-electron chi connectivity index (χ3n) is 0.940. The maximum Gasteiger partial charge on any atom is 0.139 e. The SMILES string of the molecule is Bc1ccccc1.Cl.Cl. The van der Waals surface area contributed by atoms with Crippen LogP contribution in [-0.2, 0) is 0 Å². The molecule has 0 nitrogen and oxygen atoms in total. The van der Waals surface area contributed by atoms with Gasteiger partial charge in [-0.25, -0.2) is 0 Å². The number of halogens is 2. The van der Waals surface area contributed by atoms with E-state index in [1.165, 1.54) is 5.46 Å². The zero-order chi connectivity index (χ0) is 5.11. The topological polar surface area (TPSA) is 0 Å². The minimum absolute atomic E-state index is 0. The summed E-state index contributed by atoms with van der Waals surface area (Å²) in [4.78, 5) is 0. The molecule has 0 spiro atoms. The second kappa shape index (κ2) is 5.99. The van der Waals surface area contributed by atoms with Gasteiger partial charge in [0.25, 0.3) is 0 Å². The summed E-state index contributed by atoms with van der Waals surface area (Å²) < 4.78 is 0. The van der Waals surface area contributed by atoms with Crippen LogP contribution in [0.1, 0.15) is 0 Å². The molecule has 0 amide bonds. The highest BCUT2D eigenvalue weighted by atomic mass is 35.5. The highest BCUT2D eigenvalue weighted by Crippen LogP contribution is 1.76. The van der Waals surface area contributed by atoms with Crippen molar-refractivity contribution in [2.45, 2.75) is 0 Å². The molecule has 1 aromatic carbocycles. The van der Waals surface area contributed by atoms with E-state index in [-0.39, 0.29) is 24.8 Å². The van der Waals surface area contributed by atoms with Crippen molar-refractivity contribution in [3.05, 3.63) is 30.3 Å². The van der Waals surface area contributed by atoms with Crippen molar-refractivity contribution < 1.29 is 0 Å². The molecule has 0 aliphatic heterocycles. The first kappa shape index (κ1) is 11.6. The summed E-state index contributed by atoms with van der Waals surface area (Å²) in [6.07, 6.45) is 0. The van der Waals surface area contributed by atoms with Gasteiger partial charge in [-0.05, 0) is 0 Å². The standard InChI is InChI=1S/C6H7B.2ClH/c7-6-4-2-1-3-5-6;;/h1-5H,7H2;2*1H. The Kier molecular flexibility index (Phi) is 7.75. The Bertz CT molecular complexity index is 141. The van der Waals surface area contributed by atoms with Crippen LogP contribution < -0.4 is 5.46 Å². The van der Waals surface area contributed by atoms with E-state index in [2.05, 4.69) is 20.0 Å². The minimum Gasteiger partial charge on any atom is -0.147 e. The third-order valence-corrected chi connectivity index (χ3v) is 0.940. The zero-order valence-corrected chi connectivity index (χ0v) is 6.84. The maximum atomic E-state index is 2.08. The van der Waals surface area contributed by atoms with Crippen molar-refractivity contribution >= 4 is 38.1 Å². The first-order valence-electron chi connectivity index (χ1n) is 2.41. The molecule has 0 saturated carbocycles. The van der Waals surface area contributed by atoms with Crippen LogP contribution >= 0.6 is 24.8 Å². The van der Waals surface area contributed by atoms with Gasteiger partial charge in [-0.15, -0.1) is 24.8 Å². The van der Waals surface area contributed by atoms with E-state index in [0.717, 1.165) is 0 Å². The molecule has 0 aromatic heterocycles. The van der Waals surface area contributed by atoms with Crippen molar-refractivity contribution in [3.8, 4) is 0 Å². The number of benzene rings is 1. The molecule has 0 bridgehead atoms. The normalized spacial score (nSPS) is 6.67. The Morgan fingerprint density at radius 2 is 1.33 bits per heavy atom. The van der Waals surface area contributed by atoms with Crippen molar-refractivity contribution in [3.63, 3.8) is 0 Å². The number of hydrogen-bond acceptors (Lipinski definition) is 0. The maximum absolute atomic E-state index is 2.08. The molecule has 0 heterocycles. The van der Waals surface area contributed by atoms with E-state index in [0.29, 0.717) is 0 Å². The summed E-state index contributed by atoms with van der Waals surface area (Å²) in [5.74, 6) is 0. The molecular weight excluding hydrogens is 154 g/mol.